The predicted octanol–water partition coefficient (Wildman–Crippen LogP) is 1.48. The zero-order chi connectivity index (χ0) is 18.2. The Balaban J connectivity index is 1.92. The van der Waals surface area contributed by atoms with E-state index < -0.39 is 11.5 Å². The van der Waals surface area contributed by atoms with Crippen molar-refractivity contribution >= 4 is 29.3 Å². The maximum atomic E-state index is 12.0. The lowest BCUT2D eigenvalue weighted by molar-refractivity contribution is -0.137. The van der Waals surface area contributed by atoms with Crippen LogP contribution in [0.5, 0.6) is 0 Å². The van der Waals surface area contributed by atoms with Gasteiger partial charge in [-0.15, -0.1) is 10.2 Å². The van der Waals surface area contributed by atoms with Gasteiger partial charge in [-0.05, 0) is 18.1 Å². The summed E-state index contributed by atoms with van der Waals surface area (Å²) in [5.74, 6) is -1.16. The third-order valence-corrected chi connectivity index (χ3v) is 4.20. The number of carboxylic acids is 1. The second-order valence-electron chi connectivity index (χ2n) is 5.15. The van der Waals surface area contributed by atoms with E-state index in [4.69, 9.17) is 5.11 Å². The van der Waals surface area contributed by atoms with Crippen molar-refractivity contribution in [3.63, 3.8) is 0 Å². The number of aromatic amines is 1. The Labute approximate surface area is 148 Å². The molecule has 132 valence electrons. The average molecular weight is 362 g/mol. The summed E-state index contributed by atoms with van der Waals surface area (Å²) in [6.45, 7) is 2.01. The number of carbonyl (C=O) groups is 2. The molecule has 0 radical (unpaired) electrons. The van der Waals surface area contributed by atoms with E-state index in [1.165, 1.54) is 0 Å². The highest BCUT2D eigenvalue weighted by atomic mass is 32.2. The zero-order valence-corrected chi connectivity index (χ0v) is 14.4. The number of anilines is 1. The maximum Gasteiger partial charge on any atom is 0.303 e. The number of rotatable bonds is 8. The Kier molecular flexibility index (Phi) is 6.70. The van der Waals surface area contributed by atoms with Crippen molar-refractivity contribution in [2.75, 3.05) is 11.1 Å². The first-order chi connectivity index (χ1) is 12.0. The molecule has 0 aliphatic heterocycles. The molecule has 1 aromatic carbocycles. The van der Waals surface area contributed by atoms with E-state index in [2.05, 4.69) is 20.5 Å². The number of thioether (sulfide) groups is 1. The van der Waals surface area contributed by atoms with Gasteiger partial charge in [-0.3, -0.25) is 19.4 Å². The number of carboxylic acid groups (broad SMARTS) is 1. The van der Waals surface area contributed by atoms with E-state index in [0.29, 0.717) is 0 Å². The molecule has 0 aliphatic carbocycles. The standard InChI is InChI=1S/C16H18N4O4S/c1-2-10-5-3-4-6-11(10)17-13(21)9-25-16-18-15(24)12(19-20-16)7-8-14(22)23/h3-6H,2,7-9H2,1H3,(H,17,21)(H,22,23)(H,18,20,24). The first-order valence-corrected chi connectivity index (χ1v) is 8.66. The number of carbonyl (C=O) groups excluding carboxylic acids is 1. The number of nitrogens with zero attached hydrogens (tertiary/aromatic N) is 2. The predicted molar refractivity (Wildman–Crippen MR) is 93.8 cm³/mol. The van der Waals surface area contributed by atoms with Crippen LogP contribution in [0.2, 0.25) is 0 Å². The van der Waals surface area contributed by atoms with Crippen LogP contribution in [-0.4, -0.2) is 37.9 Å². The number of amides is 1. The topological polar surface area (TPSA) is 125 Å². The van der Waals surface area contributed by atoms with Crippen molar-refractivity contribution < 1.29 is 14.7 Å². The summed E-state index contributed by atoms with van der Waals surface area (Å²) < 4.78 is 0. The van der Waals surface area contributed by atoms with Gasteiger partial charge in [0.25, 0.3) is 5.56 Å². The zero-order valence-electron chi connectivity index (χ0n) is 13.6. The van der Waals surface area contributed by atoms with Crippen molar-refractivity contribution in [3.8, 4) is 0 Å². The lowest BCUT2D eigenvalue weighted by Gasteiger charge is -2.09. The van der Waals surface area contributed by atoms with Gasteiger partial charge in [0, 0.05) is 12.1 Å². The van der Waals surface area contributed by atoms with Gasteiger partial charge in [0.1, 0.15) is 5.69 Å². The van der Waals surface area contributed by atoms with Crippen LogP contribution in [0.15, 0.2) is 34.2 Å². The lowest BCUT2D eigenvalue weighted by Crippen LogP contribution is -2.20. The molecule has 0 aliphatic rings. The van der Waals surface area contributed by atoms with Gasteiger partial charge < -0.3 is 10.4 Å². The van der Waals surface area contributed by atoms with Crippen LogP contribution in [0.25, 0.3) is 0 Å². The molecule has 2 rings (SSSR count). The molecule has 0 bridgehead atoms. The minimum atomic E-state index is -1.01. The molecular formula is C16H18N4O4S. The number of benzene rings is 1. The Morgan fingerprint density at radius 1 is 1.28 bits per heavy atom. The van der Waals surface area contributed by atoms with Crippen LogP contribution < -0.4 is 10.9 Å². The largest absolute Gasteiger partial charge is 0.481 e. The molecule has 0 spiro atoms. The highest BCUT2D eigenvalue weighted by Gasteiger charge is 2.10. The normalized spacial score (nSPS) is 10.4. The van der Waals surface area contributed by atoms with Crippen molar-refractivity contribution in [1.29, 1.82) is 0 Å². The highest BCUT2D eigenvalue weighted by molar-refractivity contribution is 7.99. The molecule has 0 saturated heterocycles. The van der Waals surface area contributed by atoms with E-state index in [9.17, 15) is 14.4 Å². The fourth-order valence-electron chi connectivity index (χ4n) is 2.07. The van der Waals surface area contributed by atoms with E-state index in [0.717, 1.165) is 29.4 Å². The third kappa shape index (κ3) is 5.71. The molecular weight excluding hydrogens is 344 g/mol. The van der Waals surface area contributed by atoms with E-state index in [-0.39, 0.29) is 35.4 Å². The first kappa shape index (κ1) is 18.7. The van der Waals surface area contributed by atoms with Crippen molar-refractivity contribution in [3.05, 3.63) is 45.9 Å². The van der Waals surface area contributed by atoms with Crippen LogP contribution in [0, 0.1) is 0 Å². The van der Waals surface area contributed by atoms with Gasteiger partial charge in [-0.1, -0.05) is 36.9 Å². The number of aromatic nitrogens is 3. The summed E-state index contributed by atoms with van der Waals surface area (Å²) in [4.78, 5) is 36.9. The molecule has 3 N–H and O–H groups in total. The molecule has 0 atom stereocenters. The Bertz CT molecular complexity index is 822. The highest BCUT2D eigenvalue weighted by Crippen LogP contribution is 2.17. The van der Waals surface area contributed by atoms with Gasteiger partial charge in [0.15, 0.2) is 5.16 Å². The fraction of sp³-hybridized carbons (Fsp3) is 0.312. The van der Waals surface area contributed by atoms with E-state index in [1.54, 1.807) is 0 Å². The van der Waals surface area contributed by atoms with Gasteiger partial charge >= 0.3 is 5.97 Å². The summed E-state index contributed by atoms with van der Waals surface area (Å²) in [6.07, 6.45) is 0.626. The van der Waals surface area contributed by atoms with E-state index in [1.807, 2.05) is 31.2 Å². The van der Waals surface area contributed by atoms with Gasteiger partial charge in [0.2, 0.25) is 5.91 Å². The summed E-state index contributed by atoms with van der Waals surface area (Å²) in [7, 11) is 0. The van der Waals surface area contributed by atoms with Crippen molar-refractivity contribution in [1.82, 2.24) is 15.2 Å². The van der Waals surface area contributed by atoms with Crippen LogP contribution in [-0.2, 0) is 22.4 Å². The molecule has 1 heterocycles. The second-order valence-corrected chi connectivity index (χ2v) is 6.11. The molecule has 8 nitrogen and oxygen atoms in total. The smallest absolute Gasteiger partial charge is 0.303 e. The molecule has 0 unspecified atom stereocenters. The maximum absolute atomic E-state index is 12.0. The third-order valence-electron chi connectivity index (χ3n) is 3.33. The second kappa shape index (κ2) is 8.97. The monoisotopic (exact) mass is 362 g/mol. The molecule has 9 heteroatoms. The Morgan fingerprint density at radius 2 is 2.04 bits per heavy atom. The number of para-hydroxylation sites is 1. The lowest BCUT2D eigenvalue weighted by atomic mass is 10.1. The summed E-state index contributed by atoms with van der Waals surface area (Å²) >= 11 is 1.05. The molecule has 2 aromatic rings. The van der Waals surface area contributed by atoms with Crippen LogP contribution in [0.1, 0.15) is 24.6 Å². The quantitative estimate of drug-likeness (QED) is 0.607. The summed E-state index contributed by atoms with van der Waals surface area (Å²) in [6, 6.07) is 7.54. The minimum Gasteiger partial charge on any atom is -0.481 e. The van der Waals surface area contributed by atoms with Crippen LogP contribution in [0.3, 0.4) is 0 Å². The van der Waals surface area contributed by atoms with Gasteiger partial charge in [0.05, 0.1) is 12.2 Å². The number of aliphatic carboxylic acids is 1. The van der Waals surface area contributed by atoms with E-state index >= 15 is 0 Å². The van der Waals surface area contributed by atoms with Crippen LogP contribution >= 0.6 is 11.8 Å². The van der Waals surface area contributed by atoms with Gasteiger partial charge in [-0.25, -0.2) is 0 Å². The number of H-pyrrole nitrogens is 1. The molecule has 1 aromatic heterocycles. The van der Waals surface area contributed by atoms with Crippen molar-refractivity contribution in [2.45, 2.75) is 31.3 Å². The van der Waals surface area contributed by atoms with Crippen LogP contribution in [0.4, 0.5) is 5.69 Å². The number of hydrogen-bond acceptors (Lipinski definition) is 6. The minimum absolute atomic E-state index is 0.0108. The Hall–Kier alpha value is -2.68. The molecule has 25 heavy (non-hydrogen) atoms. The molecule has 0 fully saturated rings. The summed E-state index contributed by atoms with van der Waals surface area (Å²) in [5.41, 5.74) is 1.37. The summed E-state index contributed by atoms with van der Waals surface area (Å²) in [5, 5.41) is 19.2. The Morgan fingerprint density at radius 3 is 2.72 bits per heavy atom. The molecule has 0 saturated carbocycles. The van der Waals surface area contributed by atoms with Crippen molar-refractivity contribution in [2.24, 2.45) is 0 Å². The first-order valence-electron chi connectivity index (χ1n) is 7.67. The molecule has 1 amide bonds. The SMILES string of the molecule is CCc1ccccc1NC(=O)CSc1nnc(CCC(=O)O)c(=O)[nH]1. The fourth-order valence-corrected chi connectivity index (χ4v) is 2.67. The number of hydrogen-bond donors (Lipinski definition) is 3. The number of aryl methyl sites for hydroxylation is 2. The average Bonchev–Trinajstić information content (AvgIpc) is 2.59. The van der Waals surface area contributed by atoms with Gasteiger partial charge in [-0.2, -0.15) is 0 Å². The number of nitrogens with one attached hydrogen (secondary N) is 2.